The smallest absolute Gasteiger partial charge is 0.306 e. The van der Waals surface area contributed by atoms with Gasteiger partial charge in [-0.2, -0.15) is 0 Å². The lowest BCUT2D eigenvalue weighted by molar-refractivity contribution is -0.142. The summed E-state index contributed by atoms with van der Waals surface area (Å²) < 4.78 is 0. The summed E-state index contributed by atoms with van der Waals surface area (Å²) in [6, 6.07) is 0. The average molecular weight is 190 g/mol. The molecule has 78 valence electrons. The number of carbonyl (C=O) groups is 1. The standard InChI is InChI=1S/C9H18O4/c1-7(9(12)13)6-8(11)4-2-3-5-10/h7-8,10-11H,2-6H2,1H3,(H,12,13). The second-order valence-electron chi connectivity index (χ2n) is 3.35. The molecule has 0 aliphatic carbocycles. The SMILES string of the molecule is CC(CC(O)CCCCO)C(=O)O. The van der Waals surface area contributed by atoms with E-state index >= 15 is 0 Å². The Hall–Kier alpha value is -0.610. The van der Waals surface area contributed by atoms with Crippen LogP contribution in [0.5, 0.6) is 0 Å². The molecule has 2 unspecified atom stereocenters. The van der Waals surface area contributed by atoms with Crippen LogP contribution in [0.4, 0.5) is 0 Å². The topological polar surface area (TPSA) is 77.8 Å². The van der Waals surface area contributed by atoms with Crippen molar-refractivity contribution in [3.63, 3.8) is 0 Å². The number of carboxylic acids is 1. The van der Waals surface area contributed by atoms with E-state index < -0.39 is 18.0 Å². The first-order chi connectivity index (χ1) is 6.07. The third kappa shape index (κ3) is 6.54. The van der Waals surface area contributed by atoms with Gasteiger partial charge in [-0.3, -0.25) is 4.79 Å². The van der Waals surface area contributed by atoms with Crippen LogP contribution in [0.1, 0.15) is 32.6 Å². The molecule has 2 atom stereocenters. The Balaban J connectivity index is 3.49. The van der Waals surface area contributed by atoms with E-state index in [1.165, 1.54) is 0 Å². The molecule has 0 amide bonds. The molecule has 0 aromatic rings. The molecule has 0 fully saturated rings. The first kappa shape index (κ1) is 12.4. The van der Waals surface area contributed by atoms with Gasteiger partial charge in [-0.05, 0) is 25.7 Å². The third-order valence-electron chi connectivity index (χ3n) is 1.99. The van der Waals surface area contributed by atoms with Gasteiger partial charge in [-0.25, -0.2) is 0 Å². The second-order valence-corrected chi connectivity index (χ2v) is 3.35. The Kier molecular flexibility index (Phi) is 6.54. The number of hydrogen-bond acceptors (Lipinski definition) is 3. The number of unbranched alkanes of at least 4 members (excludes halogenated alkanes) is 1. The van der Waals surface area contributed by atoms with Gasteiger partial charge in [0.1, 0.15) is 0 Å². The Labute approximate surface area is 78.2 Å². The summed E-state index contributed by atoms with van der Waals surface area (Å²) in [5.74, 6) is -1.37. The van der Waals surface area contributed by atoms with Gasteiger partial charge in [-0.15, -0.1) is 0 Å². The molecule has 0 aromatic heterocycles. The van der Waals surface area contributed by atoms with E-state index in [2.05, 4.69) is 0 Å². The maximum Gasteiger partial charge on any atom is 0.306 e. The minimum Gasteiger partial charge on any atom is -0.481 e. The fraction of sp³-hybridized carbons (Fsp3) is 0.889. The summed E-state index contributed by atoms with van der Waals surface area (Å²) in [4.78, 5) is 10.4. The number of aliphatic carboxylic acids is 1. The van der Waals surface area contributed by atoms with Crippen molar-refractivity contribution >= 4 is 5.97 Å². The van der Waals surface area contributed by atoms with Crippen LogP contribution in [0.2, 0.25) is 0 Å². The Morgan fingerprint density at radius 1 is 1.38 bits per heavy atom. The summed E-state index contributed by atoms with van der Waals surface area (Å²) >= 11 is 0. The zero-order chi connectivity index (χ0) is 10.3. The first-order valence-corrected chi connectivity index (χ1v) is 4.59. The summed E-state index contributed by atoms with van der Waals surface area (Å²) in [6.07, 6.45) is 1.71. The molecular formula is C9H18O4. The van der Waals surface area contributed by atoms with Crippen molar-refractivity contribution in [2.45, 2.75) is 38.7 Å². The Bertz CT molecular complexity index is 147. The van der Waals surface area contributed by atoms with Crippen LogP contribution in [0.25, 0.3) is 0 Å². The maximum atomic E-state index is 10.4. The molecule has 0 spiro atoms. The molecule has 0 rings (SSSR count). The fourth-order valence-corrected chi connectivity index (χ4v) is 1.12. The molecular weight excluding hydrogens is 172 g/mol. The second kappa shape index (κ2) is 6.86. The van der Waals surface area contributed by atoms with E-state index in [9.17, 15) is 9.90 Å². The molecule has 0 heterocycles. The number of hydrogen-bond donors (Lipinski definition) is 3. The predicted octanol–water partition coefficient (Wildman–Crippen LogP) is 0.621. The lowest BCUT2D eigenvalue weighted by atomic mass is 10.0. The van der Waals surface area contributed by atoms with Gasteiger partial charge >= 0.3 is 5.97 Å². The van der Waals surface area contributed by atoms with Crippen LogP contribution in [-0.2, 0) is 4.79 Å². The number of rotatable bonds is 7. The van der Waals surface area contributed by atoms with Crippen molar-refractivity contribution < 1.29 is 20.1 Å². The fourth-order valence-electron chi connectivity index (χ4n) is 1.12. The van der Waals surface area contributed by atoms with Crippen molar-refractivity contribution in [3.8, 4) is 0 Å². The van der Waals surface area contributed by atoms with Crippen molar-refractivity contribution in [3.05, 3.63) is 0 Å². The monoisotopic (exact) mass is 190 g/mol. The van der Waals surface area contributed by atoms with Crippen LogP contribution in [0.3, 0.4) is 0 Å². The predicted molar refractivity (Wildman–Crippen MR) is 48.4 cm³/mol. The molecule has 3 N–H and O–H groups in total. The highest BCUT2D eigenvalue weighted by Crippen LogP contribution is 2.11. The Morgan fingerprint density at radius 2 is 2.00 bits per heavy atom. The van der Waals surface area contributed by atoms with Gasteiger partial charge in [0.05, 0.1) is 12.0 Å². The largest absolute Gasteiger partial charge is 0.481 e. The van der Waals surface area contributed by atoms with Gasteiger partial charge in [0.25, 0.3) is 0 Å². The number of aliphatic hydroxyl groups excluding tert-OH is 2. The Morgan fingerprint density at radius 3 is 2.46 bits per heavy atom. The lowest BCUT2D eigenvalue weighted by Gasteiger charge is -2.12. The van der Waals surface area contributed by atoms with Crippen molar-refractivity contribution in [2.24, 2.45) is 5.92 Å². The normalized spacial score (nSPS) is 15.3. The maximum absolute atomic E-state index is 10.4. The van der Waals surface area contributed by atoms with Gasteiger partial charge in [0, 0.05) is 6.61 Å². The van der Waals surface area contributed by atoms with Gasteiger partial charge in [0.2, 0.25) is 0 Å². The number of carboxylic acid groups (broad SMARTS) is 1. The van der Waals surface area contributed by atoms with Crippen LogP contribution in [0, 0.1) is 5.92 Å². The van der Waals surface area contributed by atoms with Crippen molar-refractivity contribution in [1.29, 1.82) is 0 Å². The minimum absolute atomic E-state index is 0.126. The molecule has 0 bridgehead atoms. The third-order valence-corrected chi connectivity index (χ3v) is 1.99. The van der Waals surface area contributed by atoms with E-state index in [1.807, 2.05) is 0 Å². The molecule has 4 nitrogen and oxygen atoms in total. The van der Waals surface area contributed by atoms with Crippen LogP contribution in [0.15, 0.2) is 0 Å². The molecule has 4 heteroatoms. The molecule has 0 aliphatic rings. The highest BCUT2D eigenvalue weighted by Gasteiger charge is 2.15. The zero-order valence-electron chi connectivity index (χ0n) is 7.94. The van der Waals surface area contributed by atoms with Crippen molar-refractivity contribution in [2.75, 3.05) is 6.61 Å². The van der Waals surface area contributed by atoms with Crippen molar-refractivity contribution in [1.82, 2.24) is 0 Å². The molecule has 0 radical (unpaired) electrons. The van der Waals surface area contributed by atoms with E-state index in [0.29, 0.717) is 19.3 Å². The quantitative estimate of drug-likeness (QED) is 0.514. The van der Waals surface area contributed by atoms with Crippen LogP contribution in [-0.4, -0.2) is 34.0 Å². The summed E-state index contributed by atoms with van der Waals surface area (Å²) in [7, 11) is 0. The highest BCUT2D eigenvalue weighted by molar-refractivity contribution is 5.69. The van der Waals surface area contributed by atoms with Gasteiger partial charge in [-0.1, -0.05) is 6.92 Å². The van der Waals surface area contributed by atoms with E-state index in [4.69, 9.17) is 10.2 Å². The molecule has 13 heavy (non-hydrogen) atoms. The minimum atomic E-state index is -0.874. The molecule has 0 aliphatic heterocycles. The van der Waals surface area contributed by atoms with E-state index in [-0.39, 0.29) is 6.61 Å². The van der Waals surface area contributed by atoms with Crippen LogP contribution >= 0.6 is 0 Å². The molecule has 0 aromatic carbocycles. The van der Waals surface area contributed by atoms with Gasteiger partial charge < -0.3 is 15.3 Å². The zero-order valence-corrected chi connectivity index (χ0v) is 7.94. The van der Waals surface area contributed by atoms with Gasteiger partial charge in [0.15, 0.2) is 0 Å². The van der Waals surface area contributed by atoms with E-state index in [1.54, 1.807) is 6.92 Å². The van der Waals surface area contributed by atoms with Crippen LogP contribution < -0.4 is 0 Å². The average Bonchev–Trinajstić information content (AvgIpc) is 2.04. The summed E-state index contributed by atoms with van der Waals surface area (Å²) in [6.45, 7) is 1.71. The first-order valence-electron chi connectivity index (χ1n) is 4.59. The highest BCUT2D eigenvalue weighted by atomic mass is 16.4. The summed E-state index contributed by atoms with van der Waals surface area (Å²) in [5, 5.41) is 26.4. The summed E-state index contributed by atoms with van der Waals surface area (Å²) in [5.41, 5.74) is 0. The lowest BCUT2D eigenvalue weighted by Crippen LogP contribution is -2.18. The molecule has 0 saturated heterocycles. The van der Waals surface area contributed by atoms with E-state index in [0.717, 1.165) is 6.42 Å². The molecule has 0 saturated carbocycles. The number of aliphatic hydroxyl groups is 2.